The van der Waals surface area contributed by atoms with E-state index in [4.69, 9.17) is 5.73 Å². The van der Waals surface area contributed by atoms with Crippen LogP contribution in [0.2, 0.25) is 0 Å². The molecule has 3 fully saturated rings. The fourth-order valence-corrected chi connectivity index (χ4v) is 5.15. The van der Waals surface area contributed by atoms with Gasteiger partial charge in [-0.1, -0.05) is 20.8 Å². The lowest BCUT2D eigenvalue weighted by molar-refractivity contribution is -0.144. The van der Waals surface area contributed by atoms with Gasteiger partial charge in [-0.05, 0) is 30.6 Å². The average molecular weight is 265 g/mol. The van der Waals surface area contributed by atoms with E-state index in [2.05, 4.69) is 19.3 Å². The highest BCUT2D eigenvalue weighted by Gasteiger charge is 2.80. The van der Waals surface area contributed by atoms with Crippen LogP contribution in [0.15, 0.2) is 0 Å². The van der Waals surface area contributed by atoms with E-state index in [1.54, 1.807) is 0 Å². The number of nitrogens with zero attached hydrogens (tertiary/aromatic N) is 1. The molecular formula is C14H23N3O2. The lowest BCUT2D eigenvalue weighted by atomic mass is 9.65. The number of nitrogens with two attached hydrogens (primary N) is 1. The number of carbonyl (C=O) groups excluding carboxylic acids is 2. The zero-order valence-corrected chi connectivity index (χ0v) is 12.0. The fourth-order valence-electron chi connectivity index (χ4n) is 5.15. The number of amides is 2. The van der Waals surface area contributed by atoms with Gasteiger partial charge in [0.15, 0.2) is 0 Å². The SMILES string of the molecule is CCC(=O)NN1C[C@@]2(C)[C@H]3CC[C@@]2(C)[C@@]1(C(N)=O)C3. The number of hydrogen-bond acceptors (Lipinski definition) is 3. The highest BCUT2D eigenvalue weighted by Crippen LogP contribution is 2.75. The quantitative estimate of drug-likeness (QED) is 0.792. The van der Waals surface area contributed by atoms with Crippen molar-refractivity contribution in [2.75, 3.05) is 6.54 Å². The van der Waals surface area contributed by atoms with Crippen molar-refractivity contribution in [2.24, 2.45) is 22.5 Å². The largest absolute Gasteiger partial charge is 0.368 e. The molecule has 0 aromatic carbocycles. The number of rotatable bonds is 3. The molecule has 0 unspecified atom stereocenters. The first kappa shape index (κ1) is 12.9. The van der Waals surface area contributed by atoms with Crippen molar-refractivity contribution >= 4 is 11.8 Å². The minimum Gasteiger partial charge on any atom is -0.368 e. The summed E-state index contributed by atoms with van der Waals surface area (Å²) in [4.78, 5) is 23.9. The second-order valence-corrected chi connectivity index (χ2v) is 6.89. The van der Waals surface area contributed by atoms with Gasteiger partial charge in [0.2, 0.25) is 11.8 Å². The van der Waals surface area contributed by atoms with E-state index in [0.717, 1.165) is 19.4 Å². The molecule has 2 saturated carbocycles. The topological polar surface area (TPSA) is 75.4 Å². The average Bonchev–Trinajstić information content (AvgIpc) is 2.79. The third kappa shape index (κ3) is 1.16. The van der Waals surface area contributed by atoms with E-state index in [9.17, 15) is 9.59 Å². The molecule has 2 aliphatic carbocycles. The minimum absolute atomic E-state index is 0.0451. The fraction of sp³-hybridized carbons (Fsp3) is 0.857. The summed E-state index contributed by atoms with van der Waals surface area (Å²) in [6.07, 6.45) is 3.41. The highest BCUT2D eigenvalue weighted by atomic mass is 16.2. The van der Waals surface area contributed by atoms with E-state index in [-0.39, 0.29) is 22.6 Å². The number of piperidine rings is 1. The second kappa shape index (κ2) is 3.51. The lowest BCUT2D eigenvalue weighted by Crippen LogP contribution is -2.66. The van der Waals surface area contributed by atoms with E-state index in [1.165, 1.54) is 6.42 Å². The summed E-state index contributed by atoms with van der Waals surface area (Å²) in [5.74, 6) is 0.230. The van der Waals surface area contributed by atoms with Crippen LogP contribution in [0.4, 0.5) is 0 Å². The van der Waals surface area contributed by atoms with E-state index in [0.29, 0.717) is 12.3 Å². The van der Waals surface area contributed by atoms with E-state index in [1.807, 2.05) is 11.9 Å². The zero-order chi connectivity index (χ0) is 14.1. The first-order chi connectivity index (χ1) is 8.82. The Hall–Kier alpha value is -1.10. The Morgan fingerprint density at radius 3 is 2.63 bits per heavy atom. The van der Waals surface area contributed by atoms with Crippen molar-refractivity contribution in [1.82, 2.24) is 10.4 Å². The molecule has 19 heavy (non-hydrogen) atoms. The molecule has 3 N–H and O–H groups in total. The number of carbonyl (C=O) groups is 2. The van der Waals surface area contributed by atoms with Crippen LogP contribution >= 0.6 is 0 Å². The zero-order valence-electron chi connectivity index (χ0n) is 12.0. The molecule has 5 heteroatoms. The predicted molar refractivity (Wildman–Crippen MR) is 70.6 cm³/mol. The summed E-state index contributed by atoms with van der Waals surface area (Å²) in [6.45, 7) is 7.00. The molecule has 0 aromatic heterocycles. The number of primary amides is 1. The van der Waals surface area contributed by atoms with Crippen molar-refractivity contribution in [3.8, 4) is 0 Å². The molecule has 106 valence electrons. The summed E-state index contributed by atoms with van der Waals surface area (Å²) in [5, 5.41) is 1.86. The lowest BCUT2D eigenvalue weighted by Gasteiger charge is -2.45. The smallest absolute Gasteiger partial charge is 0.240 e. The third-order valence-electron chi connectivity index (χ3n) is 6.54. The Kier molecular flexibility index (Phi) is 2.38. The van der Waals surface area contributed by atoms with Crippen LogP contribution in [0.5, 0.6) is 0 Å². The van der Waals surface area contributed by atoms with E-state index < -0.39 is 5.54 Å². The van der Waals surface area contributed by atoms with Crippen molar-refractivity contribution in [1.29, 1.82) is 0 Å². The predicted octanol–water partition coefficient (Wildman–Crippen LogP) is 0.794. The maximum atomic E-state index is 12.2. The summed E-state index contributed by atoms with van der Waals surface area (Å²) in [5.41, 5.74) is 7.97. The Bertz CT molecular complexity index is 466. The van der Waals surface area contributed by atoms with Crippen molar-refractivity contribution in [2.45, 2.75) is 52.0 Å². The minimum atomic E-state index is -0.685. The first-order valence-electron chi connectivity index (χ1n) is 7.19. The monoisotopic (exact) mass is 265 g/mol. The molecule has 4 atom stereocenters. The van der Waals surface area contributed by atoms with E-state index >= 15 is 0 Å². The third-order valence-corrected chi connectivity index (χ3v) is 6.54. The maximum Gasteiger partial charge on any atom is 0.240 e. The van der Waals surface area contributed by atoms with Crippen molar-refractivity contribution in [3.05, 3.63) is 0 Å². The van der Waals surface area contributed by atoms with Gasteiger partial charge in [-0.15, -0.1) is 0 Å². The van der Waals surface area contributed by atoms with Gasteiger partial charge in [0.05, 0.1) is 0 Å². The standard InChI is InChI=1S/C14H23N3O2/c1-4-10(18)16-17-8-12(2)9-5-6-13(12,3)14(17,7-9)11(15)19/h9H,4-8H2,1-3H3,(H2,15,19)(H,16,18)/t9-,12-,13+,14-/m0/s1. The molecule has 3 aliphatic rings. The molecule has 2 amide bonds. The number of hydrazine groups is 1. The Labute approximate surface area is 113 Å². The van der Waals surface area contributed by atoms with Gasteiger partial charge in [0, 0.05) is 18.4 Å². The molecule has 1 saturated heterocycles. The van der Waals surface area contributed by atoms with Gasteiger partial charge >= 0.3 is 0 Å². The van der Waals surface area contributed by atoms with Gasteiger partial charge in [0.1, 0.15) is 5.54 Å². The van der Waals surface area contributed by atoms with Crippen LogP contribution in [-0.2, 0) is 9.59 Å². The van der Waals surface area contributed by atoms with Crippen LogP contribution in [0.1, 0.15) is 46.5 Å². The molecule has 0 spiro atoms. The van der Waals surface area contributed by atoms with Crippen molar-refractivity contribution < 1.29 is 9.59 Å². The van der Waals surface area contributed by atoms with Crippen LogP contribution in [0.25, 0.3) is 0 Å². The van der Waals surface area contributed by atoms with Crippen molar-refractivity contribution in [3.63, 3.8) is 0 Å². The Morgan fingerprint density at radius 2 is 2.11 bits per heavy atom. The number of hydrogen-bond donors (Lipinski definition) is 2. The van der Waals surface area contributed by atoms with Gasteiger partial charge in [-0.25, -0.2) is 5.01 Å². The second-order valence-electron chi connectivity index (χ2n) is 6.89. The van der Waals surface area contributed by atoms with Crippen LogP contribution in [0.3, 0.4) is 0 Å². The molecule has 4 bridgehead atoms. The summed E-state index contributed by atoms with van der Waals surface area (Å²) in [6, 6.07) is 0. The molecule has 5 nitrogen and oxygen atoms in total. The Morgan fingerprint density at radius 1 is 1.42 bits per heavy atom. The maximum absolute atomic E-state index is 12.2. The number of nitrogens with one attached hydrogen (secondary N) is 1. The van der Waals surface area contributed by atoms with Gasteiger partial charge < -0.3 is 5.73 Å². The van der Waals surface area contributed by atoms with Gasteiger partial charge in [-0.2, -0.15) is 0 Å². The molecule has 0 radical (unpaired) electrons. The molecule has 1 aliphatic heterocycles. The van der Waals surface area contributed by atoms with Gasteiger partial charge in [0.25, 0.3) is 0 Å². The molecule has 3 rings (SSSR count). The molecule has 0 aromatic rings. The van der Waals surface area contributed by atoms with Gasteiger partial charge in [-0.3, -0.25) is 15.0 Å². The summed E-state index contributed by atoms with van der Waals surface area (Å²) < 4.78 is 0. The normalized spacial score (nSPS) is 47.6. The van der Waals surface area contributed by atoms with Crippen LogP contribution in [-0.4, -0.2) is 28.9 Å². The van der Waals surface area contributed by atoms with Crippen LogP contribution < -0.4 is 11.2 Å². The Balaban J connectivity index is 2.03. The first-order valence-corrected chi connectivity index (χ1v) is 7.19. The summed E-state index contributed by atoms with van der Waals surface area (Å²) in [7, 11) is 0. The molecular weight excluding hydrogens is 242 g/mol. The van der Waals surface area contributed by atoms with Crippen LogP contribution in [0, 0.1) is 16.7 Å². The molecule has 1 heterocycles. The highest BCUT2D eigenvalue weighted by molar-refractivity contribution is 5.88. The summed E-state index contributed by atoms with van der Waals surface area (Å²) >= 11 is 0.